The summed E-state index contributed by atoms with van der Waals surface area (Å²) in [6.45, 7) is 9.73. The predicted octanol–water partition coefficient (Wildman–Crippen LogP) is 5.74. The highest BCUT2D eigenvalue weighted by atomic mass is 16.5. The number of ketones is 1. The van der Waals surface area contributed by atoms with Crippen molar-refractivity contribution in [1.29, 1.82) is 0 Å². The molecule has 0 spiro atoms. The molecule has 0 radical (unpaired) electrons. The van der Waals surface area contributed by atoms with Crippen molar-refractivity contribution in [3.8, 4) is 5.75 Å². The first-order chi connectivity index (χ1) is 13.7. The van der Waals surface area contributed by atoms with Gasteiger partial charge in [-0.2, -0.15) is 0 Å². The van der Waals surface area contributed by atoms with Crippen molar-refractivity contribution in [3.63, 3.8) is 0 Å². The number of fused-ring (bicyclic) bond motifs is 3. The van der Waals surface area contributed by atoms with E-state index < -0.39 is 5.60 Å². The van der Waals surface area contributed by atoms with Crippen molar-refractivity contribution < 1.29 is 18.7 Å². The standard InChI is InChI=1S/C24H25NO4/c1-6-24(5)12-17(26)21-19(29-24)11-10-18-20(21)15(4)22(28-18)23(27)25-16-9-7-8-13(2)14(16)3/h7-11H,6,12H2,1-5H3,(H,25,27)/t24-/m1/s1. The molecule has 2 heterocycles. The summed E-state index contributed by atoms with van der Waals surface area (Å²) in [7, 11) is 0. The number of furan rings is 1. The number of Topliss-reactive ketones (excluding diaryl/α,β-unsaturated/α-hetero) is 1. The Bertz CT molecular complexity index is 1160. The lowest BCUT2D eigenvalue weighted by molar-refractivity contribution is 0.0503. The number of aryl methyl sites for hydroxylation is 2. The summed E-state index contributed by atoms with van der Waals surface area (Å²) in [5.74, 6) is 0.463. The highest BCUT2D eigenvalue weighted by Gasteiger charge is 2.37. The lowest BCUT2D eigenvalue weighted by Crippen LogP contribution is -2.38. The summed E-state index contributed by atoms with van der Waals surface area (Å²) in [4.78, 5) is 25.9. The fourth-order valence-electron chi connectivity index (χ4n) is 3.89. The molecule has 0 unspecified atom stereocenters. The molecule has 1 aliphatic rings. The Morgan fingerprint density at radius 1 is 1.14 bits per heavy atom. The number of ether oxygens (including phenoxy) is 1. The Kier molecular flexibility index (Phi) is 4.49. The molecule has 2 aromatic carbocycles. The van der Waals surface area contributed by atoms with Crippen LogP contribution in [0.4, 0.5) is 5.69 Å². The van der Waals surface area contributed by atoms with E-state index in [-0.39, 0.29) is 17.5 Å². The Labute approximate surface area is 170 Å². The van der Waals surface area contributed by atoms with Crippen LogP contribution in [-0.2, 0) is 0 Å². The summed E-state index contributed by atoms with van der Waals surface area (Å²) in [6, 6.07) is 9.30. The largest absolute Gasteiger partial charge is 0.486 e. The topological polar surface area (TPSA) is 68.5 Å². The summed E-state index contributed by atoms with van der Waals surface area (Å²) in [5.41, 5.74) is 4.03. The molecular formula is C24H25NO4. The van der Waals surface area contributed by atoms with Gasteiger partial charge in [-0.25, -0.2) is 0 Å². The number of rotatable bonds is 3. The summed E-state index contributed by atoms with van der Waals surface area (Å²) in [6.07, 6.45) is 1.05. The molecule has 1 aliphatic heterocycles. The van der Waals surface area contributed by atoms with Crippen LogP contribution >= 0.6 is 0 Å². The Morgan fingerprint density at radius 2 is 1.90 bits per heavy atom. The monoisotopic (exact) mass is 391 g/mol. The summed E-state index contributed by atoms with van der Waals surface area (Å²) < 4.78 is 12.0. The third-order valence-corrected chi connectivity index (χ3v) is 6.03. The van der Waals surface area contributed by atoms with E-state index >= 15 is 0 Å². The van der Waals surface area contributed by atoms with E-state index in [1.807, 2.05) is 52.8 Å². The second-order valence-corrected chi connectivity index (χ2v) is 8.08. The minimum atomic E-state index is -0.502. The van der Waals surface area contributed by atoms with Crippen LogP contribution in [0.25, 0.3) is 11.0 Å². The summed E-state index contributed by atoms with van der Waals surface area (Å²) in [5, 5.41) is 3.60. The van der Waals surface area contributed by atoms with E-state index in [0.29, 0.717) is 34.3 Å². The maximum Gasteiger partial charge on any atom is 0.291 e. The van der Waals surface area contributed by atoms with Gasteiger partial charge in [0.05, 0.1) is 12.0 Å². The van der Waals surface area contributed by atoms with Crippen molar-refractivity contribution in [3.05, 3.63) is 58.3 Å². The maximum absolute atomic E-state index is 13.0. The van der Waals surface area contributed by atoms with Crippen LogP contribution in [0, 0.1) is 20.8 Å². The van der Waals surface area contributed by atoms with Crippen LogP contribution in [0.15, 0.2) is 34.7 Å². The fraction of sp³-hybridized carbons (Fsp3) is 0.333. The van der Waals surface area contributed by atoms with E-state index in [2.05, 4.69) is 5.32 Å². The van der Waals surface area contributed by atoms with Gasteiger partial charge < -0.3 is 14.5 Å². The molecule has 0 saturated heterocycles. The molecule has 1 N–H and O–H groups in total. The summed E-state index contributed by atoms with van der Waals surface area (Å²) >= 11 is 0. The molecule has 5 nitrogen and oxygen atoms in total. The Hall–Kier alpha value is -3.08. The Balaban J connectivity index is 1.77. The third kappa shape index (κ3) is 3.11. The van der Waals surface area contributed by atoms with Gasteiger partial charge in [0.15, 0.2) is 11.5 Å². The van der Waals surface area contributed by atoms with Crippen LogP contribution in [0.3, 0.4) is 0 Å². The van der Waals surface area contributed by atoms with Gasteiger partial charge in [-0.3, -0.25) is 9.59 Å². The quantitative estimate of drug-likeness (QED) is 0.618. The van der Waals surface area contributed by atoms with E-state index in [4.69, 9.17) is 9.15 Å². The van der Waals surface area contributed by atoms with Crippen LogP contribution < -0.4 is 10.1 Å². The van der Waals surface area contributed by atoms with Crippen molar-refractivity contribution >= 4 is 28.3 Å². The molecule has 0 bridgehead atoms. The number of hydrogen-bond acceptors (Lipinski definition) is 4. The number of benzene rings is 2. The number of anilines is 1. The first-order valence-corrected chi connectivity index (χ1v) is 9.90. The molecule has 29 heavy (non-hydrogen) atoms. The van der Waals surface area contributed by atoms with Gasteiger partial charge >= 0.3 is 0 Å². The maximum atomic E-state index is 13.0. The molecule has 150 valence electrons. The third-order valence-electron chi connectivity index (χ3n) is 6.03. The zero-order valence-corrected chi connectivity index (χ0v) is 17.4. The molecule has 1 aromatic heterocycles. The molecule has 5 heteroatoms. The van der Waals surface area contributed by atoms with Gasteiger partial charge in [0.25, 0.3) is 5.91 Å². The minimum absolute atomic E-state index is 0.0200. The smallest absolute Gasteiger partial charge is 0.291 e. The molecule has 3 aromatic rings. The van der Waals surface area contributed by atoms with Crippen LogP contribution in [0.5, 0.6) is 5.75 Å². The van der Waals surface area contributed by atoms with Gasteiger partial charge in [0.1, 0.15) is 16.9 Å². The first kappa shape index (κ1) is 19.2. The van der Waals surface area contributed by atoms with Gasteiger partial charge in [-0.05, 0) is 63.4 Å². The molecular weight excluding hydrogens is 366 g/mol. The predicted molar refractivity (Wildman–Crippen MR) is 113 cm³/mol. The lowest BCUT2D eigenvalue weighted by Gasteiger charge is -2.34. The molecule has 1 atom stereocenters. The van der Waals surface area contributed by atoms with Crippen molar-refractivity contribution in [2.75, 3.05) is 5.32 Å². The van der Waals surface area contributed by atoms with Crippen LogP contribution in [0.2, 0.25) is 0 Å². The van der Waals surface area contributed by atoms with E-state index in [1.165, 1.54) is 0 Å². The van der Waals surface area contributed by atoms with E-state index in [9.17, 15) is 9.59 Å². The highest BCUT2D eigenvalue weighted by molar-refractivity contribution is 6.14. The van der Waals surface area contributed by atoms with Crippen LogP contribution in [0.1, 0.15) is 64.3 Å². The number of carbonyl (C=O) groups is 2. The van der Waals surface area contributed by atoms with E-state index in [0.717, 1.165) is 23.2 Å². The molecule has 4 rings (SSSR count). The van der Waals surface area contributed by atoms with Gasteiger partial charge in [0.2, 0.25) is 0 Å². The van der Waals surface area contributed by atoms with Crippen molar-refractivity contribution in [2.45, 2.75) is 53.1 Å². The number of carbonyl (C=O) groups excluding carboxylic acids is 2. The van der Waals surface area contributed by atoms with Gasteiger partial charge in [-0.1, -0.05) is 19.1 Å². The van der Waals surface area contributed by atoms with Gasteiger partial charge in [-0.15, -0.1) is 0 Å². The Morgan fingerprint density at radius 3 is 2.62 bits per heavy atom. The van der Waals surface area contributed by atoms with Crippen molar-refractivity contribution in [2.24, 2.45) is 0 Å². The van der Waals surface area contributed by atoms with Gasteiger partial charge in [0, 0.05) is 16.6 Å². The normalized spacial score (nSPS) is 18.4. The number of amides is 1. The second-order valence-electron chi connectivity index (χ2n) is 8.08. The van der Waals surface area contributed by atoms with E-state index in [1.54, 1.807) is 12.1 Å². The minimum Gasteiger partial charge on any atom is -0.486 e. The average molecular weight is 391 g/mol. The van der Waals surface area contributed by atoms with Crippen molar-refractivity contribution in [1.82, 2.24) is 0 Å². The molecule has 1 amide bonds. The van der Waals surface area contributed by atoms with Crippen LogP contribution in [-0.4, -0.2) is 17.3 Å². The zero-order chi connectivity index (χ0) is 20.9. The lowest BCUT2D eigenvalue weighted by atomic mass is 9.87. The molecule has 0 saturated carbocycles. The first-order valence-electron chi connectivity index (χ1n) is 9.90. The SMILES string of the molecule is CC[C@]1(C)CC(=O)c2c(ccc3oc(C(=O)Nc4cccc(C)c4C)c(C)c23)O1. The number of hydrogen-bond donors (Lipinski definition) is 1. The number of nitrogens with one attached hydrogen (secondary N) is 1. The highest BCUT2D eigenvalue weighted by Crippen LogP contribution is 2.41. The average Bonchev–Trinajstić information content (AvgIpc) is 3.02. The zero-order valence-electron chi connectivity index (χ0n) is 17.4. The second kappa shape index (κ2) is 6.76. The fourth-order valence-corrected chi connectivity index (χ4v) is 3.89. The molecule has 0 fully saturated rings. The molecule has 0 aliphatic carbocycles.